The molecular weight excluding hydrogens is 176 g/mol. The van der Waals surface area contributed by atoms with Gasteiger partial charge in [-0.15, -0.1) is 0 Å². The molecule has 1 heterocycles. The lowest BCUT2D eigenvalue weighted by Crippen LogP contribution is -2.22. The van der Waals surface area contributed by atoms with Crippen molar-refractivity contribution >= 4 is 21.6 Å². The van der Waals surface area contributed by atoms with Gasteiger partial charge in [-0.25, -0.2) is 0 Å². The number of rotatable bonds is 0. The highest BCUT2D eigenvalue weighted by atomic mass is 33.1. The fraction of sp³-hybridized carbons (Fsp3) is 0.750. The highest BCUT2D eigenvalue weighted by Crippen LogP contribution is 2.57. The Bertz CT molecular complexity index is 192. The SMILES string of the molecule is CC(C)=C1SSC(O)C1(C)C. The standard InChI is InChI=1S/C8H14OS2/c1-5(2)6-8(3,4)7(9)11-10-6/h7,9H,1-4H3. The molecule has 1 nitrogen and oxygen atoms in total. The zero-order valence-corrected chi connectivity index (χ0v) is 8.97. The molecule has 0 aromatic rings. The van der Waals surface area contributed by atoms with Crippen molar-refractivity contribution in [2.45, 2.75) is 33.1 Å². The van der Waals surface area contributed by atoms with Crippen LogP contribution in [0.25, 0.3) is 0 Å². The molecule has 3 heteroatoms. The van der Waals surface area contributed by atoms with Gasteiger partial charge in [-0.05, 0) is 13.8 Å². The zero-order valence-electron chi connectivity index (χ0n) is 7.34. The molecule has 0 radical (unpaired) electrons. The van der Waals surface area contributed by atoms with Crippen molar-refractivity contribution in [3.8, 4) is 0 Å². The molecule has 0 aliphatic carbocycles. The molecule has 1 atom stereocenters. The molecular formula is C8H14OS2. The van der Waals surface area contributed by atoms with Crippen molar-refractivity contribution in [1.82, 2.24) is 0 Å². The van der Waals surface area contributed by atoms with Crippen molar-refractivity contribution in [2.75, 3.05) is 0 Å². The van der Waals surface area contributed by atoms with E-state index in [9.17, 15) is 5.11 Å². The van der Waals surface area contributed by atoms with Gasteiger partial charge in [0.05, 0.1) is 0 Å². The average Bonchev–Trinajstić information content (AvgIpc) is 2.08. The minimum absolute atomic E-state index is 0.0475. The molecule has 1 rings (SSSR count). The zero-order chi connectivity index (χ0) is 8.65. The van der Waals surface area contributed by atoms with Crippen LogP contribution in [0.3, 0.4) is 0 Å². The number of aliphatic hydroxyl groups is 1. The van der Waals surface area contributed by atoms with Crippen LogP contribution in [-0.2, 0) is 0 Å². The van der Waals surface area contributed by atoms with Gasteiger partial charge in [-0.1, -0.05) is 41.0 Å². The van der Waals surface area contributed by atoms with E-state index < -0.39 is 0 Å². The Morgan fingerprint density at radius 3 is 2.18 bits per heavy atom. The molecule has 1 saturated heterocycles. The number of hydrogen-bond acceptors (Lipinski definition) is 3. The van der Waals surface area contributed by atoms with Crippen LogP contribution in [0.15, 0.2) is 10.5 Å². The third kappa shape index (κ3) is 1.60. The molecule has 0 amide bonds. The molecule has 1 fully saturated rings. The molecule has 11 heavy (non-hydrogen) atoms. The Kier molecular flexibility index (Phi) is 2.62. The van der Waals surface area contributed by atoms with Crippen molar-refractivity contribution in [3.63, 3.8) is 0 Å². The van der Waals surface area contributed by atoms with Gasteiger partial charge in [0.1, 0.15) is 5.44 Å². The predicted octanol–water partition coefficient (Wildman–Crippen LogP) is 3.02. The fourth-order valence-electron chi connectivity index (χ4n) is 1.16. The quantitative estimate of drug-likeness (QED) is 0.593. The highest BCUT2D eigenvalue weighted by molar-refractivity contribution is 8.78. The van der Waals surface area contributed by atoms with E-state index >= 15 is 0 Å². The Balaban J connectivity index is 2.97. The van der Waals surface area contributed by atoms with Crippen LogP contribution >= 0.6 is 21.6 Å². The van der Waals surface area contributed by atoms with Gasteiger partial charge in [0.25, 0.3) is 0 Å². The van der Waals surface area contributed by atoms with Gasteiger partial charge in [-0.2, -0.15) is 0 Å². The lowest BCUT2D eigenvalue weighted by Gasteiger charge is -2.22. The van der Waals surface area contributed by atoms with Crippen LogP contribution < -0.4 is 0 Å². The molecule has 64 valence electrons. The first kappa shape index (κ1) is 9.49. The smallest absolute Gasteiger partial charge is 0.119 e. The van der Waals surface area contributed by atoms with Gasteiger partial charge < -0.3 is 5.11 Å². The Labute approximate surface area is 76.0 Å². The van der Waals surface area contributed by atoms with E-state index in [1.807, 2.05) is 0 Å². The van der Waals surface area contributed by atoms with E-state index in [0.29, 0.717) is 0 Å². The Hall–Kier alpha value is 0.400. The van der Waals surface area contributed by atoms with Crippen LogP contribution in [0.4, 0.5) is 0 Å². The molecule has 0 bridgehead atoms. The van der Waals surface area contributed by atoms with Crippen LogP contribution in [0.1, 0.15) is 27.7 Å². The van der Waals surface area contributed by atoms with Crippen LogP contribution in [0.2, 0.25) is 0 Å². The van der Waals surface area contributed by atoms with Crippen molar-refractivity contribution in [2.24, 2.45) is 5.41 Å². The minimum atomic E-state index is -0.252. The topological polar surface area (TPSA) is 20.2 Å². The van der Waals surface area contributed by atoms with E-state index in [0.717, 1.165) is 0 Å². The maximum absolute atomic E-state index is 9.58. The summed E-state index contributed by atoms with van der Waals surface area (Å²) >= 11 is 0. The van der Waals surface area contributed by atoms with Crippen LogP contribution in [0, 0.1) is 5.41 Å². The molecule has 1 aliphatic rings. The highest BCUT2D eigenvalue weighted by Gasteiger charge is 2.40. The largest absolute Gasteiger partial charge is 0.381 e. The summed E-state index contributed by atoms with van der Waals surface area (Å²) in [6.07, 6.45) is 0. The van der Waals surface area contributed by atoms with E-state index in [2.05, 4.69) is 27.7 Å². The van der Waals surface area contributed by atoms with Gasteiger partial charge >= 0.3 is 0 Å². The third-order valence-corrected chi connectivity index (χ3v) is 5.18. The molecule has 0 saturated carbocycles. The molecule has 0 spiro atoms. The van der Waals surface area contributed by atoms with Gasteiger partial charge in [0, 0.05) is 10.3 Å². The van der Waals surface area contributed by atoms with Crippen molar-refractivity contribution in [3.05, 3.63) is 10.5 Å². The molecule has 1 unspecified atom stereocenters. The molecule has 1 aliphatic heterocycles. The summed E-state index contributed by atoms with van der Waals surface area (Å²) in [6.45, 7) is 8.38. The Morgan fingerprint density at radius 2 is 2.00 bits per heavy atom. The summed E-state index contributed by atoms with van der Waals surface area (Å²) in [5.74, 6) is 0. The monoisotopic (exact) mass is 190 g/mol. The van der Waals surface area contributed by atoms with Gasteiger partial charge in [-0.3, -0.25) is 0 Å². The van der Waals surface area contributed by atoms with Crippen LogP contribution in [0.5, 0.6) is 0 Å². The van der Waals surface area contributed by atoms with E-state index in [4.69, 9.17) is 0 Å². The number of allylic oxidation sites excluding steroid dienone is 1. The summed E-state index contributed by atoms with van der Waals surface area (Å²) in [5.41, 5.74) is 1.02. The number of aliphatic hydroxyl groups excluding tert-OH is 1. The molecule has 1 N–H and O–H groups in total. The summed E-state index contributed by atoms with van der Waals surface area (Å²) in [6, 6.07) is 0. The fourth-order valence-corrected chi connectivity index (χ4v) is 4.70. The molecule has 0 aromatic carbocycles. The first-order chi connectivity index (χ1) is 4.96. The first-order valence-corrected chi connectivity index (χ1v) is 5.87. The third-order valence-electron chi connectivity index (χ3n) is 1.88. The lowest BCUT2D eigenvalue weighted by molar-refractivity contribution is 0.165. The van der Waals surface area contributed by atoms with Crippen molar-refractivity contribution < 1.29 is 5.11 Å². The predicted molar refractivity (Wildman–Crippen MR) is 53.3 cm³/mol. The van der Waals surface area contributed by atoms with E-state index in [1.54, 1.807) is 21.6 Å². The first-order valence-electron chi connectivity index (χ1n) is 3.65. The molecule has 0 aromatic heterocycles. The second kappa shape index (κ2) is 3.04. The van der Waals surface area contributed by atoms with E-state index in [1.165, 1.54) is 10.5 Å². The normalized spacial score (nSPS) is 29.2. The van der Waals surface area contributed by atoms with E-state index in [-0.39, 0.29) is 10.9 Å². The summed E-state index contributed by atoms with van der Waals surface area (Å²) < 4.78 is 0. The second-order valence-corrected chi connectivity index (χ2v) is 5.87. The summed E-state index contributed by atoms with van der Waals surface area (Å²) in [7, 11) is 3.27. The van der Waals surface area contributed by atoms with Gasteiger partial charge in [0.2, 0.25) is 0 Å². The van der Waals surface area contributed by atoms with Gasteiger partial charge in [0.15, 0.2) is 0 Å². The van der Waals surface area contributed by atoms with Crippen molar-refractivity contribution in [1.29, 1.82) is 0 Å². The maximum atomic E-state index is 9.58. The lowest BCUT2D eigenvalue weighted by atomic mass is 9.91. The van der Waals surface area contributed by atoms with Crippen LogP contribution in [-0.4, -0.2) is 10.5 Å². The minimum Gasteiger partial charge on any atom is -0.381 e. The summed E-state index contributed by atoms with van der Waals surface area (Å²) in [4.78, 5) is 1.33. The second-order valence-electron chi connectivity index (χ2n) is 3.58. The number of hydrogen-bond donors (Lipinski definition) is 1. The summed E-state index contributed by atoms with van der Waals surface area (Å²) in [5, 5.41) is 9.58. The Morgan fingerprint density at radius 1 is 1.45 bits per heavy atom. The average molecular weight is 190 g/mol. The maximum Gasteiger partial charge on any atom is 0.119 e.